The van der Waals surface area contributed by atoms with E-state index in [1.54, 1.807) is 7.11 Å². The molecule has 0 radical (unpaired) electrons. The molecule has 2 aromatic carbocycles. The Hall–Kier alpha value is -2.04. The highest BCUT2D eigenvalue weighted by Gasteiger charge is 2.22. The Morgan fingerprint density at radius 2 is 2.00 bits per heavy atom. The van der Waals surface area contributed by atoms with Crippen LogP contribution >= 0.6 is 0 Å². The molecule has 1 heterocycles. The summed E-state index contributed by atoms with van der Waals surface area (Å²) in [5, 5.41) is 0. The van der Waals surface area contributed by atoms with Crippen LogP contribution in [0.25, 0.3) is 0 Å². The third-order valence-electron chi connectivity index (χ3n) is 4.60. The molecule has 0 spiro atoms. The van der Waals surface area contributed by atoms with Crippen molar-refractivity contribution in [2.24, 2.45) is 11.7 Å². The van der Waals surface area contributed by atoms with Crippen molar-refractivity contribution in [3.63, 3.8) is 0 Å². The molecule has 1 fully saturated rings. The van der Waals surface area contributed by atoms with Gasteiger partial charge in [-0.05, 0) is 37.1 Å². The van der Waals surface area contributed by atoms with Crippen molar-refractivity contribution in [3.05, 3.63) is 59.7 Å². The zero-order valence-electron chi connectivity index (χ0n) is 14.3. The summed E-state index contributed by atoms with van der Waals surface area (Å²) in [6, 6.07) is 16.3. The second-order valence-electron chi connectivity index (χ2n) is 6.37. The fourth-order valence-electron chi connectivity index (χ4n) is 3.18. The molecule has 4 heteroatoms. The molecule has 0 bridgehead atoms. The molecule has 1 aliphatic rings. The molecule has 3 rings (SSSR count). The Bertz CT molecular complexity index is 645. The van der Waals surface area contributed by atoms with E-state index in [1.165, 1.54) is 12.0 Å². The highest BCUT2D eigenvalue weighted by Crippen LogP contribution is 2.28. The van der Waals surface area contributed by atoms with Gasteiger partial charge in [0.05, 0.1) is 7.11 Å². The number of hydrogen-bond acceptors (Lipinski definition) is 4. The summed E-state index contributed by atoms with van der Waals surface area (Å²) < 4.78 is 11.5. The van der Waals surface area contributed by atoms with Crippen LogP contribution in [-0.2, 0) is 13.2 Å². The molecule has 24 heavy (non-hydrogen) atoms. The average molecular weight is 326 g/mol. The Morgan fingerprint density at radius 3 is 2.71 bits per heavy atom. The minimum atomic E-state index is 0.563. The lowest BCUT2D eigenvalue weighted by Crippen LogP contribution is -2.23. The van der Waals surface area contributed by atoms with Gasteiger partial charge in [-0.2, -0.15) is 0 Å². The molecule has 2 N–H and O–H groups in total. The number of hydrogen-bond donors (Lipinski definition) is 1. The van der Waals surface area contributed by atoms with Crippen molar-refractivity contribution in [1.82, 2.24) is 4.90 Å². The maximum atomic E-state index is 5.88. The molecule has 1 saturated heterocycles. The molecule has 128 valence electrons. The van der Waals surface area contributed by atoms with Crippen LogP contribution in [0.5, 0.6) is 11.5 Å². The van der Waals surface area contributed by atoms with Crippen LogP contribution in [0.4, 0.5) is 0 Å². The van der Waals surface area contributed by atoms with Crippen LogP contribution in [0, 0.1) is 5.92 Å². The number of ether oxygens (including phenoxy) is 2. The van der Waals surface area contributed by atoms with Crippen LogP contribution in [-0.4, -0.2) is 31.6 Å². The van der Waals surface area contributed by atoms with Gasteiger partial charge in [0, 0.05) is 24.7 Å². The van der Waals surface area contributed by atoms with Crippen LogP contribution in [0.15, 0.2) is 48.5 Å². The van der Waals surface area contributed by atoms with Crippen LogP contribution in [0.3, 0.4) is 0 Å². The molecule has 1 atom stereocenters. The first-order chi connectivity index (χ1) is 11.8. The van der Waals surface area contributed by atoms with Gasteiger partial charge < -0.3 is 15.2 Å². The topological polar surface area (TPSA) is 47.7 Å². The average Bonchev–Trinajstić information content (AvgIpc) is 3.09. The van der Waals surface area contributed by atoms with E-state index < -0.39 is 0 Å². The van der Waals surface area contributed by atoms with Crippen LogP contribution < -0.4 is 15.2 Å². The minimum absolute atomic E-state index is 0.563. The molecule has 0 aromatic heterocycles. The summed E-state index contributed by atoms with van der Waals surface area (Å²) in [4.78, 5) is 2.44. The van der Waals surface area contributed by atoms with Crippen molar-refractivity contribution >= 4 is 0 Å². The first kappa shape index (κ1) is 16.8. The zero-order valence-corrected chi connectivity index (χ0v) is 14.3. The van der Waals surface area contributed by atoms with E-state index in [0.29, 0.717) is 12.5 Å². The van der Waals surface area contributed by atoms with Gasteiger partial charge in [-0.3, -0.25) is 4.90 Å². The van der Waals surface area contributed by atoms with Gasteiger partial charge in [-0.15, -0.1) is 0 Å². The fourth-order valence-corrected chi connectivity index (χ4v) is 3.18. The van der Waals surface area contributed by atoms with Gasteiger partial charge in [-0.1, -0.05) is 36.4 Å². The lowest BCUT2D eigenvalue weighted by Gasteiger charge is -2.18. The molecular weight excluding hydrogens is 300 g/mol. The third kappa shape index (κ3) is 4.28. The normalized spacial score (nSPS) is 17.8. The standard InChI is InChI=1S/C20H26N2O2/c1-23-20-11-19(24-15-16-5-3-2-4-6-16)8-7-18(20)14-22-10-9-17(12-21)13-22/h2-8,11,17H,9-10,12-15,21H2,1H3. The van der Waals surface area contributed by atoms with Crippen molar-refractivity contribution < 1.29 is 9.47 Å². The molecular formula is C20H26N2O2. The second kappa shape index (κ2) is 8.18. The van der Waals surface area contributed by atoms with Crippen molar-refractivity contribution in [2.75, 3.05) is 26.7 Å². The summed E-state index contributed by atoms with van der Waals surface area (Å²) in [6.45, 7) is 4.43. The van der Waals surface area contributed by atoms with Gasteiger partial charge in [0.2, 0.25) is 0 Å². The lowest BCUT2D eigenvalue weighted by atomic mass is 10.1. The van der Waals surface area contributed by atoms with E-state index in [4.69, 9.17) is 15.2 Å². The summed E-state index contributed by atoms with van der Waals surface area (Å²) >= 11 is 0. The summed E-state index contributed by atoms with van der Waals surface area (Å²) in [6.07, 6.45) is 1.19. The molecule has 1 aliphatic heterocycles. The number of methoxy groups -OCH3 is 1. The molecule has 0 saturated carbocycles. The smallest absolute Gasteiger partial charge is 0.127 e. The number of benzene rings is 2. The van der Waals surface area contributed by atoms with E-state index in [1.807, 2.05) is 30.3 Å². The minimum Gasteiger partial charge on any atom is -0.496 e. The molecule has 4 nitrogen and oxygen atoms in total. The SMILES string of the molecule is COc1cc(OCc2ccccc2)ccc1CN1CCC(CN)C1. The number of likely N-dealkylation sites (tertiary alicyclic amines) is 1. The van der Waals surface area contributed by atoms with E-state index in [2.05, 4.69) is 23.1 Å². The van der Waals surface area contributed by atoms with E-state index in [-0.39, 0.29) is 0 Å². The van der Waals surface area contributed by atoms with Gasteiger partial charge in [0.15, 0.2) is 0 Å². The molecule has 1 unspecified atom stereocenters. The number of nitrogens with zero attached hydrogens (tertiary/aromatic N) is 1. The van der Waals surface area contributed by atoms with E-state index in [0.717, 1.165) is 43.2 Å². The number of rotatable bonds is 7. The van der Waals surface area contributed by atoms with Gasteiger partial charge in [0.1, 0.15) is 18.1 Å². The first-order valence-corrected chi connectivity index (χ1v) is 8.54. The predicted molar refractivity (Wildman–Crippen MR) is 96.2 cm³/mol. The van der Waals surface area contributed by atoms with Crippen LogP contribution in [0.2, 0.25) is 0 Å². The van der Waals surface area contributed by atoms with Gasteiger partial charge >= 0.3 is 0 Å². The number of nitrogens with two attached hydrogens (primary N) is 1. The summed E-state index contributed by atoms with van der Waals surface area (Å²) in [5.41, 5.74) is 8.13. The van der Waals surface area contributed by atoms with Gasteiger partial charge in [-0.25, -0.2) is 0 Å². The fraction of sp³-hybridized carbons (Fsp3) is 0.400. The monoisotopic (exact) mass is 326 g/mol. The maximum Gasteiger partial charge on any atom is 0.127 e. The largest absolute Gasteiger partial charge is 0.496 e. The van der Waals surface area contributed by atoms with Crippen molar-refractivity contribution in [2.45, 2.75) is 19.6 Å². The second-order valence-corrected chi connectivity index (χ2v) is 6.37. The Kier molecular flexibility index (Phi) is 5.72. The molecule has 0 aliphatic carbocycles. The summed E-state index contributed by atoms with van der Waals surface area (Å²) in [5.74, 6) is 2.35. The van der Waals surface area contributed by atoms with E-state index in [9.17, 15) is 0 Å². The lowest BCUT2D eigenvalue weighted by molar-refractivity contribution is 0.297. The third-order valence-corrected chi connectivity index (χ3v) is 4.60. The Labute approximate surface area is 144 Å². The maximum absolute atomic E-state index is 5.88. The predicted octanol–water partition coefficient (Wildman–Crippen LogP) is 3.05. The Balaban J connectivity index is 1.62. The Morgan fingerprint density at radius 1 is 1.17 bits per heavy atom. The van der Waals surface area contributed by atoms with Crippen molar-refractivity contribution in [3.8, 4) is 11.5 Å². The first-order valence-electron chi connectivity index (χ1n) is 8.54. The van der Waals surface area contributed by atoms with E-state index >= 15 is 0 Å². The van der Waals surface area contributed by atoms with Crippen molar-refractivity contribution in [1.29, 1.82) is 0 Å². The highest BCUT2D eigenvalue weighted by atomic mass is 16.5. The van der Waals surface area contributed by atoms with Crippen LogP contribution in [0.1, 0.15) is 17.5 Å². The quantitative estimate of drug-likeness (QED) is 0.849. The highest BCUT2D eigenvalue weighted by molar-refractivity contribution is 5.41. The molecule has 2 aromatic rings. The zero-order chi connectivity index (χ0) is 16.8. The molecule has 0 amide bonds. The van der Waals surface area contributed by atoms with Gasteiger partial charge in [0.25, 0.3) is 0 Å². The summed E-state index contributed by atoms with van der Waals surface area (Å²) in [7, 11) is 1.71.